The van der Waals surface area contributed by atoms with E-state index in [9.17, 15) is 22.4 Å². The molecule has 1 aliphatic rings. The molecule has 4 aromatic heterocycles. The van der Waals surface area contributed by atoms with Gasteiger partial charge in [-0.1, -0.05) is 29.8 Å². The highest BCUT2D eigenvalue weighted by atomic mass is 35.5. The molecular formula is C41H39ClF6N6O6S. The summed E-state index contributed by atoms with van der Waals surface area (Å²) in [7, 11) is 2.07. The number of hydrogen-bond donors (Lipinski definition) is 0. The molecule has 1 saturated heterocycles. The molecule has 0 spiro atoms. The number of halogens is 7. The number of fused-ring (bicyclic) bond motifs is 1. The van der Waals surface area contributed by atoms with E-state index in [-0.39, 0.29) is 33.3 Å². The number of thiophene rings is 1. The topological polar surface area (TPSA) is 117 Å². The standard InChI is InChI=1S/C41H39ClF6N6O6S/c1-4-56-39(55)36(41(47,48)27-7-5-6-8-28(27)58-21-25-13-14-51-54(25)22-40(44,45)46)60-37-33-32(35(30-11-12-31(43)59-30)61-38(33)50-23-49-37)26-9-10-29(34(42)24(26)2)57-20-19-53-17-15-52(3)16-18-53/h5-14,23,36H,4,15-22H2,1-3H3. The summed E-state index contributed by atoms with van der Waals surface area (Å²) in [6, 6.07) is 11.1. The summed E-state index contributed by atoms with van der Waals surface area (Å²) in [6.45, 7) is 5.62. The van der Waals surface area contributed by atoms with Crippen LogP contribution in [0.15, 0.2) is 71.5 Å². The summed E-state index contributed by atoms with van der Waals surface area (Å²) in [5.41, 5.74) is 0.380. The zero-order valence-corrected chi connectivity index (χ0v) is 34.6. The summed E-state index contributed by atoms with van der Waals surface area (Å²) >= 11 is 7.97. The van der Waals surface area contributed by atoms with Crippen molar-refractivity contribution < 1.29 is 54.5 Å². The molecule has 0 saturated carbocycles. The van der Waals surface area contributed by atoms with Crippen molar-refractivity contribution in [3.8, 4) is 39.1 Å². The highest BCUT2D eigenvalue weighted by Crippen LogP contribution is 2.50. The third-order valence-corrected chi connectivity index (χ3v) is 11.5. The van der Waals surface area contributed by atoms with Crippen molar-refractivity contribution in [2.24, 2.45) is 0 Å². The second kappa shape index (κ2) is 18.3. The zero-order chi connectivity index (χ0) is 43.5. The van der Waals surface area contributed by atoms with Crippen LogP contribution in [0.1, 0.15) is 23.7 Å². The fraction of sp³-hybridized carbons (Fsp3) is 0.366. The molecule has 6 aromatic rings. The summed E-state index contributed by atoms with van der Waals surface area (Å²) in [4.78, 5) is 27.2. The van der Waals surface area contributed by atoms with Crippen LogP contribution in [0.5, 0.6) is 17.4 Å². The summed E-state index contributed by atoms with van der Waals surface area (Å²) in [5.74, 6) is -6.09. The van der Waals surface area contributed by atoms with Gasteiger partial charge in [0.2, 0.25) is 5.88 Å². The van der Waals surface area contributed by atoms with Crippen molar-refractivity contribution in [1.82, 2.24) is 29.5 Å². The number of esters is 1. The van der Waals surface area contributed by atoms with Gasteiger partial charge in [0, 0.05) is 50.6 Å². The van der Waals surface area contributed by atoms with Crippen LogP contribution in [-0.4, -0.2) is 101 Å². The lowest BCUT2D eigenvalue weighted by atomic mass is 9.97. The number of benzene rings is 2. The van der Waals surface area contributed by atoms with Crippen LogP contribution in [0.3, 0.4) is 0 Å². The second-order valence-electron chi connectivity index (χ2n) is 14.1. The molecular weight excluding hydrogens is 854 g/mol. The number of rotatable bonds is 16. The maximum atomic E-state index is 17.0. The normalized spacial score (nSPS) is 14.7. The number of para-hydroxylation sites is 1. The minimum absolute atomic E-state index is 0.0464. The lowest BCUT2D eigenvalue weighted by molar-refractivity contribution is -0.174. The highest BCUT2D eigenvalue weighted by molar-refractivity contribution is 7.22. The maximum Gasteiger partial charge on any atom is 0.408 e. The van der Waals surface area contributed by atoms with Gasteiger partial charge in [0.25, 0.3) is 12.1 Å². The van der Waals surface area contributed by atoms with Crippen LogP contribution in [0, 0.1) is 12.9 Å². The van der Waals surface area contributed by atoms with E-state index in [0.717, 1.165) is 62.2 Å². The van der Waals surface area contributed by atoms with Gasteiger partial charge in [-0.05, 0) is 62.4 Å². The van der Waals surface area contributed by atoms with Crippen molar-refractivity contribution in [3.63, 3.8) is 0 Å². The van der Waals surface area contributed by atoms with Crippen molar-refractivity contribution in [2.45, 2.75) is 45.2 Å². The monoisotopic (exact) mass is 892 g/mol. The Balaban J connectivity index is 1.26. The number of ether oxygens (including phenoxy) is 4. The first kappa shape index (κ1) is 43.7. The Labute approximate surface area is 354 Å². The van der Waals surface area contributed by atoms with Crippen molar-refractivity contribution >= 4 is 39.1 Å². The predicted octanol–water partition coefficient (Wildman–Crippen LogP) is 8.79. The Hall–Kier alpha value is -5.37. The SMILES string of the molecule is CCOC(=O)C(Oc1ncnc2sc(-c3ccc(F)o3)c(-c3ccc(OCCN4CCN(C)CC4)c(Cl)c3C)c12)C(F)(F)c1ccccc1OCc1ccnn1CC(F)(F)F. The van der Waals surface area contributed by atoms with Crippen LogP contribution < -0.4 is 14.2 Å². The number of piperazine rings is 1. The minimum atomic E-state index is -4.60. The first-order valence-electron chi connectivity index (χ1n) is 19.0. The Bertz CT molecular complexity index is 2490. The first-order valence-corrected chi connectivity index (χ1v) is 20.2. The van der Waals surface area contributed by atoms with E-state index < -0.39 is 60.5 Å². The van der Waals surface area contributed by atoms with E-state index >= 15 is 8.78 Å². The molecule has 0 aliphatic carbocycles. The van der Waals surface area contributed by atoms with Gasteiger partial charge < -0.3 is 28.3 Å². The van der Waals surface area contributed by atoms with Gasteiger partial charge in [0.1, 0.15) is 48.2 Å². The van der Waals surface area contributed by atoms with Crippen molar-refractivity contribution in [3.05, 3.63) is 95.0 Å². The van der Waals surface area contributed by atoms with Gasteiger partial charge in [-0.2, -0.15) is 31.4 Å². The molecule has 2 aromatic carbocycles. The molecule has 0 radical (unpaired) electrons. The molecule has 0 bridgehead atoms. The number of furan rings is 1. The molecule has 0 amide bonds. The first-order chi connectivity index (χ1) is 29.1. The molecule has 12 nitrogen and oxygen atoms in total. The largest absolute Gasteiger partial charge is 0.491 e. The average Bonchev–Trinajstić information content (AvgIpc) is 3.96. The van der Waals surface area contributed by atoms with Gasteiger partial charge in [-0.15, -0.1) is 11.3 Å². The zero-order valence-electron chi connectivity index (χ0n) is 33.0. The third-order valence-electron chi connectivity index (χ3n) is 9.95. The molecule has 1 atom stereocenters. The molecule has 5 heterocycles. The molecule has 1 fully saturated rings. The fourth-order valence-corrected chi connectivity index (χ4v) is 8.15. The number of nitrogens with zero attached hydrogens (tertiary/aromatic N) is 6. The molecule has 20 heteroatoms. The third kappa shape index (κ3) is 9.74. The Morgan fingerprint density at radius 1 is 0.984 bits per heavy atom. The number of carbonyl (C=O) groups is 1. The van der Waals surface area contributed by atoms with E-state index in [2.05, 4.69) is 31.9 Å². The van der Waals surface area contributed by atoms with Gasteiger partial charge >= 0.3 is 18.1 Å². The Kier molecular flexibility index (Phi) is 13.1. The van der Waals surface area contributed by atoms with Crippen LogP contribution in [0.25, 0.3) is 32.0 Å². The van der Waals surface area contributed by atoms with Crippen LogP contribution >= 0.6 is 22.9 Å². The van der Waals surface area contributed by atoms with Gasteiger partial charge in [0.15, 0.2) is 0 Å². The number of hydrogen-bond acceptors (Lipinski definition) is 12. The van der Waals surface area contributed by atoms with E-state index in [1.54, 1.807) is 19.1 Å². The van der Waals surface area contributed by atoms with Gasteiger partial charge in [0.05, 0.1) is 33.2 Å². The molecule has 0 N–H and O–H groups in total. The second-order valence-corrected chi connectivity index (χ2v) is 15.4. The van der Waals surface area contributed by atoms with Gasteiger partial charge in [-0.25, -0.2) is 14.8 Å². The van der Waals surface area contributed by atoms with E-state index in [0.29, 0.717) is 45.2 Å². The molecule has 324 valence electrons. The quantitative estimate of drug-likeness (QED) is 0.0686. The van der Waals surface area contributed by atoms with E-state index in [1.807, 2.05) is 0 Å². The van der Waals surface area contributed by atoms with Crippen LogP contribution in [0.2, 0.25) is 5.02 Å². The van der Waals surface area contributed by atoms with E-state index in [4.69, 9.17) is 35.0 Å². The lowest BCUT2D eigenvalue weighted by Gasteiger charge is -2.32. The van der Waals surface area contributed by atoms with Gasteiger partial charge in [-0.3, -0.25) is 9.58 Å². The minimum Gasteiger partial charge on any atom is -0.491 e. The Morgan fingerprint density at radius 2 is 1.75 bits per heavy atom. The number of alkyl halides is 5. The van der Waals surface area contributed by atoms with Crippen molar-refractivity contribution in [1.29, 1.82) is 0 Å². The maximum absolute atomic E-state index is 17.0. The van der Waals surface area contributed by atoms with Crippen LogP contribution in [0.4, 0.5) is 26.3 Å². The Morgan fingerprint density at radius 3 is 2.48 bits per heavy atom. The molecule has 1 unspecified atom stereocenters. The molecule has 61 heavy (non-hydrogen) atoms. The molecule has 7 rings (SSSR count). The summed E-state index contributed by atoms with van der Waals surface area (Å²) in [5, 5.41) is 4.00. The summed E-state index contributed by atoms with van der Waals surface area (Å²) in [6.07, 6.45) is -5.11. The summed E-state index contributed by atoms with van der Waals surface area (Å²) < 4.78 is 117. The average molecular weight is 893 g/mol. The number of likely N-dealkylation sites (N-methyl/N-ethyl adjacent to an activating group) is 1. The number of aromatic nitrogens is 4. The molecule has 1 aliphatic heterocycles. The predicted molar refractivity (Wildman–Crippen MR) is 214 cm³/mol. The van der Waals surface area contributed by atoms with Crippen molar-refractivity contribution in [2.75, 3.05) is 53.0 Å². The van der Waals surface area contributed by atoms with Crippen LogP contribution in [-0.2, 0) is 28.6 Å². The lowest BCUT2D eigenvalue weighted by Crippen LogP contribution is -2.45. The fourth-order valence-electron chi connectivity index (χ4n) is 6.82. The number of carbonyl (C=O) groups excluding carboxylic acids is 1. The smallest absolute Gasteiger partial charge is 0.408 e. The van der Waals surface area contributed by atoms with E-state index in [1.165, 1.54) is 37.3 Å². The highest BCUT2D eigenvalue weighted by Gasteiger charge is 2.51.